The Morgan fingerprint density at radius 1 is 1.11 bits per heavy atom. The molecule has 3 aromatic rings. The van der Waals surface area contributed by atoms with Gasteiger partial charge in [0.25, 0.3) is 5.91 Å². The van der Waals surface area contributed by atoms with Crippen molar-refractivity contribution in [2.75, 3.05) is 23.8 Å². The quantitative estimate of drug-likeness (QED) is 0.230. The molecular formula is C29H32N2O5S2. The molecule has 1 aliphatic carbocycles. The molecule has 2 N–H and O–H groups in total. The Hall–Kier alpha value is -3.30. The maximum Gasteiger partial charge on any atom is 0.341 e. The van der Waals surface area contributed by atoms with Gasteiger partial charge in [0, 0.05) is 15.5 Å². The molecule has 2 aromatic carbocycles. The van der Waals surface area contributed by atoms with E-state index < -0.39 is 5.25 Å². The van der Waals surface area contributed by atoms with Gasteiger partial charge in [-0.25, -0.2) is 4.79 Å². The van der Waals surface area contributed by atoms with Gasteiger partial charge in [0.1, 0.15) is 10.8 Å². The summed E-state index contributed by atoms with van der Waals surface area (Å²) in [7, 11) is 0. The lowest BCUT2D eigenvalue weighted by atomic mass is 9.88. The molecule has 200 valence electrons. The molecule has 1 aliphatic rings. The number of esters is 1. The summed E-state index contributed by atoms with van der Waals surface area (Å²) < 4.78 is 10.8. The second-order valence-electron chi connectivity index (χ2n) is 9.20. The highest BCUT2D eigenvalue weighted by atomic mass is 32.2. The van der Waals surface area contributed by atoms with Gasteiger partial charge in [-0.2, -0.15) is 0 Å². The molecule has 2 unspecified atom stereocenters. The third-order valence-corrected chi connectivity index (χ3v) is 8.40. The Morgan fingerprint density at radius 3 is 2.66 bits per heavy atom. The zero-order valence-corrected chi connectivity index (χ0v) is 23.4. The first-order chi connectivity index (χ1) is 18.3. The Labute approximate surface area is 231 Å². The molecule has 2 amide bonds. The molecule has 0 saturated heterocycles. The van der Waals surface area contributed by atoms with E-state index in [0.717, 1.165) is 34.6 Å². The van der Waals surface area contributed by atoms with Gasteiger partial charge in [0.2, 0.25) is 5.91 Å². The third kappa shape index (κ3) is 7.17. The summed E-state index contributed by atoms with van der Waals surface area (Å²) in [5.74, 6) is 0.322. The molecule has 0 fully saturated rings. The predicted octanol–water partition coefficient (Wildman–Crippen LogP) is 6.19. The van der Waals surface area contributed by atoms with Crippen LogP contribution in [-0.4, -0.2) is 36.2 Å². The van der Waals surface area contributed by atoms with E-state index in [0.29, 0.717) is 27.9 Å². The van der Waals surface area contributed by atoms with Crippen molar-refractivity contribution in [3.8, 4) is 5.75 Å². The number of hydrogen-bond donors (Lipinski definition) is 2. The third-order valence-electron chi connectivity index (χ3n) is 6.14. The van der Waals surface area contributed by atoms with Crippen LogP contribution in [0, 0.1) is 5.92 Å². The number of carbonyl (C=O) groups is 3. The van der Waals surface area contributed by atoms with Crippen LogP contribution in [0.3, 0.4) is 0 Å². The van der Waals surface area contributed by atoms with E-state index >= 15 is 0 Å². The highest BCUT2D eigenvalue weighted by Crippen LogP contribution is 2.40. The minimum Gasteiger partial charge on any atom is -0.484 e. The number of thiophene rings is 1. The minimum absolute atomic E-state index is 0.105. The largest absolute Gasteiger partial charge is 0.484 e. The van der Waals surface area contributed by atoms with Crippen molar-refractivity contribution in [2.24, 2.45) is 5.92 Å². The smallest absolute Gasteiger partial charge is 0.341 e. The van der Waals surface area contributed by atoms with E-state index in [1.807, 2.05) is 43.3 Å². The molecule has 7 nitrogen and oxygen atoms in total. The second-order valence-corrected chi connectivity index (χ2v) is 11.7. The maximum atomic E-state index is 13.1. The Morgan fingerprint density at radius 2 is 1.89 bits per heavy atom. The first kappa shape index (κ1) is 27.7. The molecule has 9 heteroatoms. The van der Waals surface area contributed by atoms with E-state index in [2.05, 4.69) is 17.6 Å². The number of rotatable bonds is 10. The molecule has 0 spiro atoms. The van der Waals surface area contributed by atoms with Crippen LogP contribution in [-0.2, 0) is 27.2 Å². The first-order valence-electron chi connectivity index (χ1n) is 12.7. The van der Waals surface area contributed by atoms with Crippen LogP contribution in [0.2, 0.25) is 0 Å². The Kier molecular flexibility index (Phi) is 9.47. The van der Waals surface area contributed by atoms with Gasteiger partial charge in [-0.1, -0.05) is 31.2 Å². The zero-order chi connectivity index (χ0) is 27.1. The molecule has 0 bridgehead atoms. The lowest BCUT2D eigenvalue weighted by molar-refractivity contribution is -0.118. The van der Waals surface area contributed by atoms with Gasteiger partial charge in [-0.05, 0) is 74.9 Å². The minimum atomic E-state index is -0.435. The van der Waals surface area contributed by atoms with Crippen molar-refractivity contribution in [2.45, 2.75) is 50.2 Å². The van der Waals surface area contributed by atoms with Gasteiger partial charge < -0.3 is 20.1 Å². The van der Waals surface area contributed by atoms with Crippen LogP contribution in [0.4, 0.5) is 10.7 Å². The molecule has 2 atom stereocenters. The summed E-state index contributed by atoms with van der Waals surface area (Å²) in [5, 5.41) is 5.96. The van der Waals surface area contributed by atoms with Crippen LogP contribution < -0.4 is 15.4 Å². The predicted molar refractivity (Wildman–Crippen MR) is 152 cm³/mol. The monoisotopic (exact) mass is 552 g/mol. The average Bonchev–Trinajstić information content (AvgIpc) is 3.25. The van der Waals surface area contributed by atoms with Gasteiger partial charge in [0.05, 0.1) is 17.4 Å². The molecule has 0 saturated carbocycles. The van der Waals surface area contributed by atoms with E-state index in [1.54, 1.807) is 25.1 Å². The SMILES string of the molecule is CCOC(=O)c1c(NC(=O)C(C)Sc2cccc(NC(=O)COc3ccccc3)c2)sc2c1CCC(C)C2. The fourth-order valence-electron chi connectivity index (χ4n) is 4.24. The number of carbonyl (C=O) groups excluding carboxylic acids is 3. The van der Waals surface area contributed by atoms with Crippen molar-refractivity contribution in [1.29, 1.82) is 0 Å². The Bertz CT molecular complexity index is 1290. The summed E-state index contributed by atoms with van der Waals surface area (Å²) >= 11 is 2.86. The molecule has 4 rings (SSSR count). The molecular weight excluding hydrogens is 520 g/mol. The van der Waals surface area contributed by atoms with E-state index in [-0.39, 0.29) is 31.0 Å². The molecule has 38 heavy (non-hydrogen) atoms. The van der Waals surface area contributed by atoms with Crippen LogP contribution in [0.25, 0.3) is 0 Å². The molecule has 1 heterocycles. The highest BCUT2D eigenvalue weighted by molar-refractivity contribution is 8.00. The second kappa shape index (κ2) is 13.0. The molecule has 0 radical (unpaired) electrons. The number of fused-ring (bicyclic) bond motifs is 1. The number of para-hydroxylation sites is 1. The van der Waals surface area contributed by atoms with E-state index in [1.165, 1.54) is 23.1 Å². The number of benzene rings is 2. The van der Waals surface area contributed by atoms with Crippen molar-refractivity contribution >= 4 is 51.6 Å². The fraction of sp³-hybridized carbons (Fsp3) is 0.345. The highest BCUT2D eigenvalue weighted by Gasteiger charge is 2.30. The van der Waals surface area contributed by atoms with Crippen molar-refractivity contribution in [3.05, 3.63) is 70.6 Å². The van der Waals surface area contributed by atoms with Gasteiger partial charge in [-0.3, -0.25) is 9.59 Å². The summed E-state index contributed by atoms with van der Waals surface area (Å²) in [6.07, 6.45) is 2.73. The number of hydrogen-bond acceptors (Lipinski definition) is 7. The average molecular weight is 553 g/mol. The molecule has 0 aliphatic heterocycles. The first-order valence-corrected chi connectivity index (χ1v) is 14.4. The number of nitrogens with one attached hydrogen (secondary N) is 2. The Balaban J connectivity index is 1.38. The van der Waals surface area contributed by atoms with Crippen molar-refractivity contribution in [3.63, 3.8) is 0 Å². The lowest BCUT2D eigenvalue weighted by Crippen LogP contribution is -2.23. The zero-order valence-electron chi connectivity index (χ0n) is 21.7. The van der Waals surface area contributed by atoms with Crippen molar-refractivity contribution < 1.29 is 23.9 Å². The summed E-state index contributed by atoms with van der Waals surface area (Å²) in [5.41, 5.74) is 2.14. The van der Waals surface area contributed by atoms with Gasteiger partial charge in [-0.15, -0.1) is 23.1 Å². The summed E-state index contributed by atoms with van der Waals surface area (Å²) in [6, 6.07) is 16.5. The van der Waals surface area contributed by atoms with Crippen LogP contribution >= 0.6 is 23.1 Å². The van der Waals surface area contributed by atoms with E-state index in [4.69, 9.17) is 9.47 Å². The number of thioether (sulfide) groups is 1. The van der Waals surface area contributed by atoms with Gasteiger partial charge >= 0.3 is 5.97 Å². The number of ether oxygens (including phenoxy) is 2. The lowest BCUT2D eigenvalue weighted by Gasteiger charge is -2.18. The standard InChI is InChI=1S/C29H32N2O5S2/c1-4-35-29(34)26-23-14-13-18(2)15-24(23)38-28(26)31-27(33)19(3)37-22-12-8-9-20(16-22)30-25(32)17-36-21-10-6-5-7-11-21/h5-12,16,18-19H,4,13-15,17H2,1-3H3,(H,30,32)(H,31,33). The van der Waals surface area contributed by atoms with Crippen LogP contribution in [0.1, 0.15) is 48.0 Å². The number of amides is 2. The number of anilines is 2. The summed E-state index contributed by atoms with van der Waals surface area (Å²) in [4.78, 5) is 40.2. The van der Waals surface area contributed by atoms with Gasteiger partial charge in [0.15, 0.2) is 6.61 Å². The van der Waals surface area contributed by atoms with Crippen molar-refractivity contribution in [1.82, 2.24) is 0 Å². The maximum absolute atomic E-state index is 13.1. The fourth-order valence-corrected chi connectivity index (χ4v) is 6.57. The summed E-state index contributed by atoms with van der Waals surface area (Å²) in [6.45, 7) is 5.98. The van der Waals surface area contributed by atoms with Crippen LogP contribution in [0.5, 0.6) is 5.75 Å². The normalized spacial score (nSPS) is 15.2. The van der Waals surface area contributed by atoms with E-state index in [9.17, 15) is 14.4 Å². The van der Waals surface area contributed by atoms with Crippen LogP contribution in [0.15, 0.2) is 59.5 Å². The topological polar surface area (TPSA) is 93.7 Å². The molecule has 1 aromatic heterocycles.